The fourth-order valence-electron chi connectivity index (χ4n) is 1.13. The lowest BCUT2D eigenvalue weighted by Gasteiger charge is -2.32. The SMILES string of the molecule is CC(C)N(C(C)C)P(=S)(Cl)Cl. The molecule has 0 atom stereocenters. The lowest BCUT2D eigenvalue weighted by atomic mass is 10.3. The smallest absolute Gasteiger partial charge is 0.184 e. The maximum absolute atomic E-state index is 5.91. The van der Waals surface area contributed by atoms with Crippen LogP contribution in [-0.2, 0) is 11.8 Å². The van der Waals surface area contributed by atoms with Crippen molar-refractivity contribution >= 4 is 39.2 Å². The Morgan fingerprint density at radius 2 is 1.36 bits per heavy atom. The van der Waals surface area contributed by atoms with E-state index in [1.54, 1.807) is 0 Å². The van der Waals surface area contributed by atoms with Crippen LogP contribution in [0.2, 0.25) is 0 Å². The molecule has 5 heteroatoms. The molecule has 0 aliphatic carbocycles. The number of hydrogen-bond donors (Lipinski definition) is 0. The summed E-state index contributed by atoms with van der Waals surface area (Å²) in [7, 11) is 0. The van der Waals surface area contributed by atoms with Gasteiger partial charge >= 0.3 is 0 Å². The van der Waals surface area contributed by atoms with Gasteiger partial charge in [0.25, 0.3) is 0 Å². The molecule has 0 fully saturated rings. The summed E-state index contributed by atoms with van der Waals surface area (Å²) in [6.45, 7) is 8.19. The van der Waals surface area contributed by atoms with Crippen molar-refractivity contribution in [1.29, 1.82) is 0 Å². The van der Waals surface area contributed by atoms with Gasteiger partial charge in [-0.2, -0.15) is 0 Å². The van der Waals surface area contributed by atoms with Gasteiger partial charge in [-0.05, 0) is 39.5 Å². The van der Waals surface area contributed by atoms with Gasteiger partial charge in [-0.15, -0.1) is 0 Å². The second-order valence-corrected chi connectivity index (χ2v) is 10.6. The summed E-state index contributed by atoms with van der Waals surface area (Å²) >= 11 is 16.8. The second kappa shape index (κ2) is 4.43. The molecular formula is C6H14Cl2NPS. The van der Waals surface area contributed by atoms with Crippen LogP contribution < -0.4 is 0 Å². The molecule has 0 unspecified atom stereocenters. The third-order valence-corrected chi connectivity index (χ3v) is 4.40. The molecule has 0 amide bonds. The zero-order valence-electron chi connectivity index (χ0n) is 7.21. The van der Waals surface area contributed by atoms with E-state index in [4.69, 9.17) is 34.3 Å². The molecule has 0 heterocycles. The van der Waals surface area contributed by atoms with Crippen LogP contribution in [0.25, 0.3) is 0 Å². The molecule has 0 rings (SSSR count). The molecule has 0 bridgehead atoms. The van der Waals surface area contributed by atoms with Gasteiger partial charge in [0.1, 0.15) is 0 Å². The Kier molecular flexibility index (Phi) is 4.91. The van der Waals surface area contributed by atoms with Crippen molar-refractivity contribution in [3.63, 3.8) is 0 Å². The summed E-state index contributed by atoms with van der Waals surface area (Å²) in [6, 6.07) is 0.631. The van der Waals surface area contributed by atoms with Gasteiger partial charge in [0.2, 0.25) is 0 Å². The molecule has 1 nitrogen and oxygen atoms in total. The van der Waals surface area contributed by atoms with Crippen molar-refractivity contribution in [2.24, 2.45) is 0 Å². The number of hydrogen-bond acceptors (Lipinski definition) is 1. The molecule has 0 aromatic carbocycles. The van der Waals surface area contributed by atoms with E-state index in [2.05, 4.69) is 0 Å². The van der Waals surface area contributed by atoms with E-state index in [1.807, 2.05) is 32.4 Å². The third kappa shape index (κ3) is 4.10. The minimum Gasteiger partial charge on any atom is -0.247 e. The third-order valence-electron chi connectivity index (χ3n) is 1.33. The molecule has 0 N–H and O–H groups in total. The first-order chi connectivity index (χ1) is 4.76. The Morgan fingerprint density at radius 1 is 1.09 bits per heavy atom. The number of halogens is 2. The van der Waals surface area contributed by atoms with Crippen molar-refractivity contribution in [2.45, 2.75) is 39.8 Å². The average Bonchev–Trinajstić information content (AvgIpc) is 1.54. The molecule has 0 spiro atoms. The maximum Gasteiger partial charge on any atom is 0.184 e. The van der Waals surface area contributed by atoms with Crippen LogP contribution >= 0.6 is 27.4 Å². The molecule has 11 heavy (non-hydrogen) atoms. The van der Waals surface area contributed by atoms with Gasteiger partial charge in [0, 0.05) is 12.1 Å². The number of nitrogens with zero attached hydrogens (tertiary/aromatic N) is 1. The molecule has 0 aromatic heterocycles. The second-order valence-electron chi connectivity index (χ2n) is 3.00. The zero-order chi connectivity index (χ0) is 9.23. The van der Waals surface area contributed by atoms with Crippen LogP contribution in [0.5, 0.6) is 0 Å². The molecule has 68 valence electrons. The molecule has 0 radical (unpaired) electrons. The van der Waals surface area contributed by atoms with Gasteiger partial charge < -0.3 is 0 Å². The largest absolute Gasteiger partial charge is 0.247 e. The molecule has 0 aliphatic heterocycles. The van der Waals surface area contributed by atoms with Crippen molar-refractivity contribution in [3.8, 4) is 0 Å². The summed E-state index contributed by atoms with van der Waals surface area (Å²) in [6.07, 6.45) is 0. The Bertz CT molecular complexity index is 158. The molecule has 0 saturated carbocycles. The maximum atomic E-state index is 5.91. The highest BCUT2D eigenvalue weighted by Crippen LogP contribution is 2.61. The van der Waals surface area contributed by atoms with E-state index in [0.29, 0.717) is 12.1 Å². The molecule has 0 aromatic rings. The van der Waals surface area contributed by atoms with Gasteiger partial charge in [-0.3, -0.25) is 0 Å². The van der Waals surface area contributed by atoms with Crippen LogP contribution in [-0.4, -0.2) is 16.8 Å². The standard InChI is InChI=1S/C6H14Cl2NPS/c1-5(2)9(6(3)4)10(7,8)11/h5-6H,1-4H3. The number of rotatable bonds is 3. The van der Waals surface area contributed by atoms with E-state index in [9.17, 15) is 0 Å². The zero-order valence-corrected chi connectivity index (χ0v) is 10.4. The van der Waals surface area contributed by atoms with E-state index < -0.39 is 4.89 Å². The van der Waals surface area contributed by atoms with Gasteiger partial charge in [0.15, 0.2) is 4.89 Å². The lowest BCUT2D eigenvalue weighted by molar-refractivity contribution is 0.329. The minimum absolute atomic E-state index is 0.316. The lowest BCUT2D eigenvalue weighted by Crippen LogP contribution is -2.31. The summed E-state index contributed by atoms with van der Waals surface area (Å²) < 4.78 is 1.98. The van der Waals surface area contributed by atoms with Gasteiger partial charge in [-0.1, -0.05) is 22.5 Å². The fourth-order valence-corrected chi connectivity index (χ4v) is 5.44. The molecule has 0 aliphatic rings. The monoisotopic (exact) mass is 233 g/mol. The van der Waals surface area contributed by atoms with Crippen LogP contribution in [0.15, 0.2) is 0 Å². The van der Waals surface area contributed by atoms with Gasteiger partial charge in [-0.25, -0.2) is 4.67 Å². The van der Waals surface area contributed by atoms with E-state index in [1.165, 1.54) is 0 Å². The van der Waals surface area contributed by atoms with Crippen molar-refractivity contribution in [3.05, 3.63) is 0 Å². The summed E-state index contributed by atoms with van der Waals surface area (Å²) in [5.74, 6) is 0. The highest BCUT2D eigenvalue weighted by Gasteiger charge is 2.25. The van der Waals surface area contributed by atoms with Crippen LogP contribution in [0.3, 0.4) is 0 Å². The summed E-state index contributed by atoms with van der Waals surface area (Å²) in [5.41, 5.74) is 0. The highest BCUT2D eigenvalue weighted by atomic mass is 35.9. The first-order valence-corrected chi connectivity index (χ1v) is 8.11. The van der Waals surface area contributed by atoms with Crippen molar-refractivity contribution in [2.75, 3.05) is 0 Å². The van der Waals surface area contributed by atoms with Crippen molar-refractivity contribution in [1.82, 2.24) is 4.67 Å². The Balaban J connectivity index is 4.49. The highest BCUT2D eigenvalue weighted by molar-refractivity contribution is 8.37. The Morgan fingerprint density at radius 3 is 1.36 bits per heavy atom. The quantitative estimate of drug-likeness (QED) is 0.683. The van der Waals surface area contributed by atoms with E-state index >= 15 is 0 Å². The predicted octanol–water partition coefficient (Wildman–Crippen LogP) is 3.81. The summed E-state index contributed by atoms with van der Waals surface area (Å²) in [5, 5.41) is 0. The summed E-state index contributed by atoms with van der Waals surface area (Å²) in [4.78, 5) is -2.28. The van der Waals surface area contributed by atoms with Gasteiger partial charge in [0.05, 0.1) is 0 Å². The average molecular weight is 234 g/mol. The first-order valence-electron chi connectivity index (χ1n) is 3.55. The normalized spacial score (nSPS) is 13.5. The van der Waals surface area contributed by atoms with Crippen LogP contribution in [0.4, 0.5) is 0 Å². The Labute approximate surface area is 83.7 Å². The molecular weight excluding hydrogens is 220 g/mol. The predicted molar refractivity (Wildman–Crippen MR) is 58.1 cm³/mol. The van der Waals surface area contributed by atoms with Crippen LogP contribution in [0.1, 0.15) is 27.7 Å². The van der Waals surface area contributed by atoms with E-state index in [0.717, 1.165) is 0 Å². The molecule has 0 saturated heterocycles. The minimum atomic E-state index is -2.28. The first kappa shape index (κ1) is 12.2. The van der Waals surface area contributed by atoms with Crippen LogP contribution in [0, 0.1) is 0 Å². The van der Waals surface area contributed by atoms with Crippen molar-refractivity contribution < 1.29 is 0 Å². The topological polar surface area (TPSA) is 3.24 Å². The Hall–Kier alpha value is 1.19. The van der Waals surface area contributed by atoms with E-state index in [-0.39, 0.29) is 0 Å². The fraction of sp³-hybridized carbons (Fsp3) is 1.00.